The Balaban J connectivity index is 1.27. The standard InChI is InChI=1S/C25H21N5O2S2/c31-22(25-28-19-7-3-4-8-21(19)33-25)27-18-6-2-1-5-17(18)23-29-20-13-16(14-26-24(20)34-23)15-30-9-11-32-12-10-30/h1-8,13-14H,9-12,15H2,(H,27,31). The zero-order chi connectivity index (χ0) is 22.9. The minimum atomic E-state index is -0.222. The van der Waals surface area contributed by atoms with E-state index < -0.39 is 0 Å². The molecule has 0 unspecified atom stereocenters. The van der Waals surface area contributed by atoms with Crippen molar-refractivity contribution in [3.05, 3.63) is 71.4 Å². The second kappa shape index (κ2) is 9.19. The van der Waals surface area contributed by atoms with Crippen LogP contribution in [-0.2, 0) is 11.3 Å². The van der Waals surface area contributed by atoms with Crippen molar-refractivity contribution in [1.82, 2.24) is 19.9 Å². The van der Waals surface area contributed by atoms with Crippen molar-refractivity contribution in [2.24, 2.45) is 0 Å². The van der Waals surface area contributed by atoms with Crippen molar-refractivity contribution in [3.8, 4) is 10.6 Å². The van der Waals surface area contributed by atoms with E-state index in [0.29, 0.717) is 10.7 Å². The molecule has 6 rings (SSSR count). The van der Waals surface area contributed by atoms with Crippen LogP contribution in [0.1, 0.15) is 15.4 Å². The van der Waals surface area contributed by atoms with Crippen molar-refractivity contribution in [2.45, 2.75) is 6.54 Å². The lowest BCUT2D eigenvalue weighted by molar-refractivity contribution is 0.0341. The van der Waals surface area contributed by atoms with Crippen molar-refractivity contribution >= 4 is 54.8 Å². The molecule has 0 saturated carbocycles. The second-order valence-electron chi connectivity index (χ2n) is 8.06. The van der Waals surface area contributed by atoms with Crippen LogP contribution in [0.25, 0.3) is 31.1 Å². The van der Waals surface area contributed by atoms with Crippen LogP contribution in [0.2, 0.25) is 0 Å². The van der Waals surface area contributed by atoms with Gasteiger partial charge in [-0.1, -0.05) is 35.6 Å². The van der Waals surface area contributed by atoms with Gasteiger partial charge >= 0.3 is 0 Å². The highest BCUT2D eigenvalue weighted by molar-refractivity contribution is 7.21. The minimum Gasteiger partial charge on any atom is -0.379 e. The smallest absolute Gasteiger partial charge is 0.284 e. The fourth-order valence-electron chi connectivity index (χ4n) is 4.01. The Morgan fingerprint density at radius 3 is 2.71 bits per heavy atom. The molecule has 3 aromatic heterocycles. The van der Waals surface area contributed by atoms with E-state index in [2.05, 4.69) is 26.3 Å². The van der Waals surface area contributed by atoms with Crippen LogP contribution < -0.4 is 5.32 Å². The van der Waals surface area contributed by atoms with Crippen LogP contribution in [0.3, 0.4) is 0 Å². The Morgan fingerprint density at radius 1 is 1.00 bits per heavy atom. The molecule has 1 fully saturated rings. The fourth-order valence-corrected chi connectivity index (χ4v) is 5.80. The maximum atomic E-state index is 13.0. The lowest BCUT2D eigenvalue weighted by Gasteiger charge is -2.26. The maximum absolute atomic E-state index is 13.0. The van der Waals surface area contributed by atoms with Crippen LogP contribution in [0.4, 0.5) is 5.69 Å². The van der Waals surface area contributed by atoms with Gasteiger partial charge in [-0.15, -0.1) is 11.3 Å². The second-order valence-corrected chi connectivity index (χ2v) is 10.1. The van der Waals surface area contributed by atoms with Gasteiger partial charge in [0.05, 0.1) is 29.1 Å². The summed E-state index contributed by atoms with van der Waals surface area (Å²) in [6.07, 6.45) is 1.93. The molecule has 0 bridgehead atoms. The van der Waals surface area contributed by atoms with Crippen LogP contribution in [0.15, 0.2) is 60.8 Å². The van der Waals surface area contributed by atoms with Gasteiger partial charge in [0.15, 0.2) is 5.01 Å². The highest BCUT2D eigenvalue weighted by atomic mass is 32.1. The van der Waals surface area contributed by atoms with Gasteiger partial charge < -0.3 is 10.1 Å². The van der Waals surface area contributed by atoms with Crippen molar-refractivity contribution < 1.29 is 9.53 Å². The van der Waals surface area contributed by atoms with Gasteiger partial charge in [-0.2, -0.15) is 0 Å². The lowest BCUT2D eigenvalue weighted by Crippen LogP contribution is -2.35. The number of pyridine rings is 1. The molecule has 1 saturated heterocycles. The van der Waals surface area contributed by atoms with Crippen LogP contribution in [0.5, 0.6) is 0 Å². The molecule has 0 spiro atoms. The molecule has 170 valence electrons. The Labute approximate surface area is 204 Å². The number of morpholine rings is 1. The lowest BCUT2D eigenvalue weighted by atomic mass is 10.2. The Morgan fingerprint density at radius 2 is 1.82 bits per heavy atom. The first-order valence-electron chi connectivity index (χ1n) is 11.0. The molecule has 9 heteroatoms. The Hall–Kier alpha value is -3.24. The third-order valence-corrected chi connectivity index (χ3v) is 7.76. The van der Waals surface area contributed by atoms with E-state index >= 15 is 0 Å². The van der Waals surface area contributed by atoms with E-state index in [1.54, 1.807) is 0 Å². The number of carbonyl (C=O) groups is 1. The molecule has 2 aromatic carbocycles. The molecule has 0 atom stereocenters. The summed E-state index contributed by atoms with van der Waals surface area (Å²) in [5.74, 6) is -0.222. The predicted octanol–water partition coefficient (Wildman–Crippen LogP) is 5.05. The zero-order valence-corrected chi connectivity index (χ0v) is 19.9. The molecule has 1 N–H and O–H groups in total. The zero-order valence-electron chi connectivity index (χ0n) is 18.2. The third-order valence-electron chi connectivity index (χ3n) is 5.71. The Bertz CT molecular complexity index is 1460. The number of rotatable bonds is 5. The summed E-state index contributed by atoms with van der Waals surface area (Å²) < 4.78 is 6.43. The van der Waals surface area contributed by atoms with E-state index in [-0.39, 0.29) is 5.91 Å². The number of nitrogens with one attached hydrogen (secondary N) is 1. The van der Waals surface area contributed by atoms with Crippen LogP contribution >= 0.6 is 22.7 Å². The van der Waals surface area contributed by atoms with Gasteiger partial charge in [-0.05, 0) is 35.9 Å². The number of anilines is 1. The van der Waals surface area contributed by atoms with Crippen LogP contribution in [-0.4, -0.2) is 52.1 Å². The number of carbonyl (C=O) groups excluding carboxylic acids is 1. The van der Waals surface area contributed by atoms with E-state index in [1.807, 2.05) is 54.7 Å². The van der Waals surface area contributed by atoms with Crippen LogP contribution in [0, 0.1) is 0 Å². The van der Waals surface area contributed by atoms with E-state index in [9.17, 15) is 4.79 Å². The first-order valence-corrected chi connectivity index (χ1v) is 12.7. The molecule has 1 aliphatic heterocycles. The summed E-state index contributed by atoms with van der Waals surface area (Å²) in [5, 5.41) is 4.30. The molecular formula is C25H21N5O2S2. The number of fused-ring (bicyclic) bond motifs is 2. The number of amides is 1. The largest absolute Gasteiger partial charge is 0.379 e. The van der Waals surface area contributed by atoms with Gasteiger partial charge in [0, 0.05) is 31.4 Å². The van der Waals surface area contributed by atoms with Crippen molar-refractivity contribution in [1.29, 1.82) is 0 Å². The Kier molecular flexibility index (Phi) is 5.76. The number of benzene rings is 2. The number of ether oxygens (including phenoxy) is 1. The molecule has 4 heterocycles. The number of hydrogen-bond acceptors (Lipinski definition) is 8. The van der Waals surface area contributed by atoms with E-state index in [0.717, 1.165) is 69.5 Å². The first-order chi connectivity index (χ1) is 16.7. The molecule has 0 aliphatic carbocycles. The van der Waals surface area contributed by atoms with Crippen molar-refractivity contribution in [2.75, 3.05) is 31.6 Å². The molecular weight excluding hydrogens is 466 g/mol. The van der Waals surface area contributed by atoms with E-state index in [1.165, 1.54) is 22.7 Å². The summed E-state index contributed by atoms with van der Waals surface area (Å²) in [7, 11) is 0. The number of para-hydroxylation sites is 2. The number of nitrogens with zero attached hydrogens (tertiary/aromatic N) is 4. The monoisotopic (exact) mass is 487 g/mol. The number of aromatic nitrogens is 3. The summed E-state index contributed by atoms with van der Waals surface area (Å²) in [5.41, 5.74) is 4.42. The summed E-state index contributed by atoms with van der Waals surface area (Å²) in [6.45, 7) is 4.25. The molecule has 5 aromatic rings. The van der Waals surface area contributed by atoms with Gasteiger partial charge in [0.25, 0.3) is 5.91 Å². The summed E-state index contributed by atoms with van der Waals surface area (Å²) >= 11 is 2.91. The van der Waals surface area contributed by atoms with E-state index in [4.69, 9.17) is 9.72 Å². The van der Waals surface area contributed by atoms with Crippen molar-refractivity contribution in [3.63, 3.8) is 0 Å². The fraction of sp³-hybridized carbons (Fsp3) is 0.200. The summed E-state index contributed by atoms with van der Waals surface area (Å²) in [6, 6.07) is 17.6. The highest BCUT2D eigenvalue weighted by Crippen LogP contribution is 2.34. The third kappa shape index (κ3) is 4.30. The number of thiazole rings is 2. The first kappa shape index (κ1) is 21.3. The van der Waals surface area contributed by atoms with Gasteiger partial charge in [-0.25, -0.2) is 15.0 Å². The van der Waals surface area contributed by atoms with Gasteiger partial charge in [0.2, 0.25) is 0 Å². The quantitative estimate of drug-likeness (QED) is 0.374. The predicted molar refractivity (Wildman–Crippen MR) is 137 cm³/mol. The molecule has 0 radical (unpaired) electrons. The maximum Gasteiger partial charge on any atom is 0.284 e. The number of hydrogen-bond donors (Lipinski definition) is 1. The molecule has 1 amide bonds. The van der Waals surface area contributed by atoms with Gasteiger partial charge in [-0.3, -0.25) is 9.69 Å². The minimum absolute atomic E-state index is 0.222. The normalized spacial score (nSPS) is 14.6. The topological polar surface area (TPSA) is 80.2 Å². The highest BCUT2D eigenvalue weighted by Gasteiger charge is 2.17. The average Bonchev–Trinajstić information content (AvgIpc) is 3.49. The molecule has 1 aliphatic rings. The average molecular weight is 488 g/mol. The molecule has 34 heavy (non-hydrogen) atoms. The van der Waals surface area contributed by atoms with Gasteiger partial charge in [0.1, 0.15) is 15.4 Å². The molecule has 7 nitrogen and oxygen atoms in total. The summed E-state index contributed by atoms with van der Waals surface area (Å²) in [4.78, 5) is 30.2. The SMILES string of the molecule is O=C(Nc1ccccc1-c1nc2cc(CN3CCOCC3)cnc2s1)c1nc2ccccc2s1.